The van der Waals surface area contributed by atoms with E-state index in [0.717, 1.165) is 22.2 Å². The van der Waals surface area contributed by atoms with E-state index in [1.54, 1.807) is 31.4 Å². The largest absolute Gasteiger partial charge is 0.497 e. The van der Waals surface area contributed by atoms with E-state index in [-0.39, 0.29) is 24.2 Å². The number of ketones is 1. The van der Waals surface area contributed by atoms with Crippen molar-refractivity contribution in [1.82, 2.24) is 10.3 Å². The number of carbonyl (C=O) groups is 2. The number of ether oxygens (including phenoxy) is 1. The number of hydrogen-bond acceptors (Lipinski definition) is 6. The van der Waals surface area contributed by atoms with Gasteiger partial charge in [-0.15, -0.1) is 11.3 Å². The summed E-state index contributed by atoms with van der Waals surface area (Å²) >= 11 is 2.85. The molecule has 0 fully saturated rings. The molecule has 2 aromatic rings. The van der Waals surface area contributed by atoms with Crippen LogP contribution in [0.4, 0.5) is 0 Å². The maximum Gasteiger partial charge on any atom is 0.226 e. The first-order chi connectivity index (χ1) is 12.0. The Morgan fingerprint density at radius 3 is 2.68 bits per heavy atom. The van der Waals surface area contributed by atoms with Gasteiger partial charge in [0.25, 0.3) is 0 Å². The van der Waals surface area contributed by atoms with Gasteiger partial charge in [-0.2, -0.15) is 0 Å². The van der Waals surface area contributed by atoms with Crippen molar-refractivity contribution in [2.24, 2.45) is 0 Å². The van der Waals surface area contributed by atoms with Crippen LogP contribution >= 0.6 is 23.1 Å². The number of nitrogens with one attached hydrogen (secondary N) is 1. The molecule has 1 atom stereocenters. The zero-order chi connectivity index (χ0) is 18.2. The Kier molecular flexibility index (Phi) is 7.46. The standard InChI is InChI=1S/C18H22N2O3S2/c1-4-12(2)19-17(22)9-14-10-24-18(20-14)25-11-16(21)13-5-7-15(23-3)8-6-13/h5-8,10,12H,4,9,11H2,1-3H3,(H,19,22)/t12-/m1/s1. The number of aromatic nitrogens is 1. The van der Waals surface area contributed by atoms with Crippen molar-refractivity contribution in [3.05, 3.63) is 40.9 Å². The minimum atomic E-state index is -0.0227. The third kappa shape index (κ3) is 6.17. The molecule has 0 spiro atoms. The quantitative estimate of drug-likeness (QED) is 0.533. The predicted octanol–water partition coefficient (Wildman–Crippen LogP) is 3.58. The van der Waals surface area contributed by atoms with E-state index in [2.05, 4.69) is 10.3 Å². The maximum atomic E-state index is 12.2. The van der Waals surface area contributed by atoms with E-state index in [9.17, 15) is 9.59 Å². The lowest BCUT2D eigenvalue weighted by Crippen LogP contribution is -2.33. The lowest BCUT2D eigenvalue weighted by atomic mass is 10.1. The van der Waals surface area contributed by atoms with Gasteiger partial charge in [0.15, 0.2) is 10.1 Å². The Balaban J connectivity index is 1.84. The zero-order valence-corrected chi connectivity index (χ0v) is 16.2. The zero-order valence-electron chi connectivity index (χ0n) is 14.6. The molecule has 0 bridgehead atoms. The first kappa shape index (κ1) is 19.5. The van der Waals surface area contributed by atoms with Gasteiger partial charge in [-0.25, -0.2) is 4.98 Å². The fourth-order valence-electron chi connectivity index (χ4n) is 2.02. The number of thioether (sulfide) groups is 1. The van der Waals surface area contributed by atoms with Gasteiger partial charge in [0.1, 0.15) is 5.75 Å². The van der Waals surface area contributed by atoms with Crippen LogP contribution in [-0.2, 0) is 11.2 Å². The van der Waals surface area contributed by atoms with Crippen LogP contribution in [0.3, 0.4) is 0 Å². The van der Waals surface area contributed by atoms with Crippen LogP contribution in [0.25, 0.3) is 0 Å². The van der Waals surface area contributed by atoms with E-state index in [1.807, 2.05) is 19.2 Å². The summed E-state index contributed by atoms with van der Waals surface area (Å²) in [4.78, 5) is 28.5. The Labute approximate surface area is 156 Å². The van der Waals surface area contributed by atoms with Gasteiger partial charge < -0.3 is 10.1 Å². The maximum absolute atomic E-state index is 12.2. The summed E-state index contributed by atoms with van der Waals surface area (Å²) in [5.41, 5.74) is 1.39. The van der Waals surface area contributed by atoms with Crippen molar-refractivity contribution in [3.8, 4) is 5.75 Å². The number of benzene rings is 1. The van der Waals surface area contributed by atoms with Gasteiger partial charge in [-0.05, 0) is 37.6 Å². The van der Waals surface area contributed by atoms with Crippen molar-refractivity contribution >= 4 is 34.8 Å². The lowest BCUT2D eigenvalue weighted by Gasteiger charge is -2.10. The molecule has 0 aliphatic heterocycles. The molecule has 0 radical (unpaired) electrons. The third-order valence-corrected chi connectivity index (χ3v) is 5.70. The van der Waals surface area contributed by atoms with Crippen molar-refractivity contribution < 1.29 is 14.3 Å². The molecule has 2 rings (SSSR count). The molecule has 7 heteroatoms. The fourth-order valence-corrected chi connectivity index (χ4v) is 3.75. The number of carbonyl (C=O) groups excluding carboxylic acids is 2. The summed E-state index contributed by atoms with van der Waals surface area (Å²) in [6.07, 6.45) is 1.17. The molecule has 0 aliphatic carbocycles. The molecule has 5 nitrogen and oxygen atoms in total. The number of amides is 1. The second-order valence-electron chi connectivity index (χ2n) is 5.60. The lowest BCUT2D eigenvalue weighted by molar-refractivity contribution is -0.121. The van der Waals surface area contributed by atoms with Gasteiger partial charge in [-0.1, -0.05) is 18.7 Å². The Bertz CT molecular complexity index is 713. The topological polar surface area (TPSA) is 68.3 Å². The van der Waals surface area contributed by atoms with Gasteiger partial charge in [0, 0.05) is 17.0 Å². The van der Waals surface area contributed by atoms with Crippen LogP contribution in [0.5, 0.6) is 5.75 Å². The summed E-state index contributed by atoms with van der Waals surface area (Å²) in [5.74, 6) is 1.06. The highest BCUT2D eigenvalue weighted by Crippen LogP contribution is 2.24. The third-order valence-electron chi connectivity index (χ3n) is 3.63. The Morgan fingerprint density at radius 2 is 2.04 bits per heavy atom. The number of Topliss-reactive ketones (excluding diaryl/α,β-unsaturated/α-hetero) is 1. The molecule has 0 saturated heterocycles. The number of nitrogens with zero attached hydrogens (tertiary/aromatic N) is 1. The number of hydrogen-bond donors (Lipinski definition) is 1. The molecule has 1 N–H and O–H groups in total. The first-order valence-electron chi connectivity index (χ1n) is 8.05. The molecular weight excluding hydrogens is 356 g/mol. The predicted molar refractivity (Wildman–Crippen MR) is 102 cm³/mol. The summed E-state index contributed by atoms with van der Waals surface area (Å²) < 4.78 is 5.89. The molecule has 0 unspecified atom stereocenters. The molecule has 1 aromatic heterocycles. The average molecular weight is 379 g/mol. The van der Waals surface area contributed by atoms with Crippen molar-refractivity contribution in [1.29, 1.82) is 0 Å². The summed E-state index contributed by atoms with van der Waals surface area (Å²) in [5, 5.41) is 4.79. The van der Waals surface area contributed by atoms with E-state index in [1.165, 1.54) is 23.1 Å². The van der Waals surface area contributed by atoms with Crippen LogP contribution in [0.1, 0.15) is 36.3 Å². The van der Waals surface area contributed by atoms with Gasteiger partial charge in [0.2, 0.25) is 5.91 Å². The first-order valence-corrected chi connectivity index (χ1v) is 9.92. The summed E-state index contributed by atoms with van der Waals surface area (Å²) in [6, 6.07) is 7.23. The molecule has 25 heavy (non-hydrogen) atoms. The van der Waals surface area contributed by atoms with E-state index < -0.39 is 0 Å². The van der Waals surface area contributed by atoms with Crippen molar-refractivity contribution in [3.63, 3.8) is 0 Å². The van der Waals surface area contributed by atoms with E-state index in [0.29, 0.717) is 11.3 Å². The Morgan fingerprint density at radius 1 is 1.32 bits per heavy atom. The van der Waals surface area contributed by atoms with Crippen LogP contribution in [0, 0.1) is 0 Å². The van der Waals surface area contributed by atoms with Gasteiger partial charge in [-0.3, -0.25) is 9.59 Å². The highest BCUT2D eigenvalue weighted by Gasteiger charge is 2.12. The molecule has 134 valence electrons. The average Bonchev–Trinajstić information content (AvgIpc) is 3.06. The van der Waals surface area contributed by atoms with E-state index >= 15 is 0 Å². The number of methoxy groups -OCH3 is 1. The summed E-state index contributed by atoms with van der Waals surface area (Å²) in [6.45, 7) is 4.01. The molecule has 0 aliphatic rings. The molecule has 1 aromatic carbocycles. The molecule has 1 heterocycles. The minimum Gasteiger partial charge on any atom is -0.497 e. The van der Waals surface area contributed by atoms with E-state index in [4.69, 9.17) is 4.74 Å². The SMILES string of the molecule is CC[C@@H](C)NC(=O)Cc1csc(SCC(=O)c2ccc(OC)cc2)n1. The van der Waals surface area contributed by atoms with Crippen molar-refractivity contribution in [2.75, 3.05) is 12.9 Å². The highest BCUT2D eigenvalue weighted by molar-refractivity contribution is 8.01. The van der Waals surface area contributed by atoms with Crippen LogP contribution in [0.15, 0.2) is 34.0 Å². The smallest absolute Gasteiger partial charge is 0.226 e. The summed E-state index contributed by atoms with van der Waals surface area (Å²) in [7, 11) is 1.59. The molecular formula is C18H22N2O3S2. The minimum absolute atomic E-state index is 0.0227. The highest BCUT2D eigenvalue weighted by atomic mass is 32.2. The van der Waals surface area contributed by atoms with Gasteiger partial charge in [0.05, 0.1) is 25.0 Å². The normalized spacial score (nSPS) is 11.8. The molecule has 1 amide bonds. The Hall–Kier alpha value is -1.86. The number of rotatable bonds is 9. The van der Waals surface area contributed by atoms with Crippen LogP contribution < -0.4 is 10.1 Å². The van der Waals surface area contributed by atoms with Crippen LogP contribution in [0.2, 0.25) is 0 Å². The molecule has 0 saturated carbocycles. The fraction of sp³-hybridized carbons (Fsp3) is 0.389. The second kappa shape index (κ2) is 9.58. The van der Waals surface area contributed by atoms with Crippen LogP contribution in [-0.4, -0.2) is 35.6 Å². The monoisotopic (exact) mass is 378 g/mol. The second-order valence-corrected chi connectivity index (χ2v) is 7.68. The van der Waals surface area contributed by atoms with Crippen molar-refractivity contribution in [2.45, 2.75) is 37.1 Å². The van der Waals surface area contributed by atoms with Gasteiger partial charge >= 0.3 is 0 Å². The number of thiazole rings is 1.